The van der Waals surface area contributed by atoms with Gasteiger partial charge in [0.1, 0.15) is 0 Å². The highest BCUT2D eigenvalue weighted by atomic mass is 35.5. The van der Waals surface area contributed by atoms with Crippen LogP contribution in [0.5, 0.6) is 0 Å². The Kier molecular flexibility index (Phi) is 4.32. The Hall–Kier alpha value is -1.26. The molecule has 2 rings (SSSR count). The van der Waals surface area contributed by atoms with E-state index in [0.29, 0.717) is 22.4 Å². The molecule has 1 amide bonds. The summed E-state index contributed by atoms with van der Waals surface area (Å²) >= 11 is 5.91. The number of nitrogen functional groups attached to an aromatic ring is 1. The highest BCUT2D eigenvalue weighted by Gasteiger charge is 2.28. The number of halogens is 1. The van der Waals surface area contributed by atoms with Crippen LogP contribution in [0.15, 0.2) is 18.2 Å². The van der Waals surface area contributed by atoms with E-state index in [0.717, 1.165) is 0 Å². The van der Waals surface area contributed by atoms with Crippen molar-refractivity contribution in [3.63, 3.8) is 0 Å². The van der Waals surface area contributed by atoms with Gasteiger partial charge in [0.15, 0.2) is 0 Å². The molecular formula is C14H20ClN3O. The molecule has 1 fully saturated rings. The lowest BCUT2D eigenvalue weighted by Crippen LogP contribution is -2.48. The third-order valence-corrected chi connectivity index (χ3v) is 4.15. The van der Waals surface area contributed by atoms with Crippen molar-refractivity contribution in [3.05, 3.63) is 23.2 Å². The van der Waals surface area contributed by atoms with E-state index in [2.05, 4.69) is 10.2 Å². The number of carbonyl (C=O) groups is 1. The summed E-state index contributed by atoms with van der Waals surface area (Å²) in [6.45, 7) is 1.91. The maximum atomic E-state index is 12.2. The van der Waals surface area contributed by atoms with Crippen molar-refractivity contribution >= 4 is 28.9 Å². The second-order valence-electron chi connectivity index (χ2n) is 5.15. The van der Waals surface area contributed by atoms with Gasteiger partial charge >= 0.3 is 0 Å². The topological polar surface area (TPSA) is 58.4 Å². The Labute approximate surface area is 118 Å². The molecule has 104 valence electrons. The van der Waals surface area contributed by atoms with Crippen molar-refractivity contribution in [2.24, 2.45) is 0 Å². The van der Waals surface area contributed by atoms with Gasteiger partial charge in [0, 0.05) is 11.1 Å². The fourth-order valence-electron chi connectivity index (χ4n) is 2.17. The van der Waals surface area contributed by atoms with Crippen LogP contribution in [0.25, 0.3) is 0 Å². The number of nitrogens with one attached hydrogen (secondary N) is 1. The van der Waals surface area contributed by atoms with E-state index in [9.17, 15) is 4.79 Å². The van der Waals surface area contributed by atoms with Crippen molar-refractivity contribution in [1.29, 1.82) is 0 Å². The van der Waals surface area contributed by atoms with Gasteiger partial charge in [-0.25, -0.2) is 0 Å². The van der Waals surface area contributed by atoms with Gasteiger partial charge in [-0.15, -0.1) is 0 Å². The zero-order valence-electron chi connectivity index (χ0n) is 11.3. The van der Waals surface area contributed by atoms with E-state index >= 15 is 0 Å². The van der Waals surface area contributed by atoms with E-state index in [1.807, 2.05) is 14.0 Å². The Morgan fingerprint density at radius 3 is 2.79 bits per heavy atom. The molecule has 1 aliphatic carbocycles. The van der Waals surface area contributed by atoms with Gasteiger partial charge in [0.05, 0.1) is 17.4 Å². The predicted octanol–water partition coefficient (Wildman–Crippen LogP) is 2.73. The normalized spacial score (nSPS) is 17.1. The molecule has 1 saturated carbocycles. The Bertz CT molecular complexity index is 474. The molecule has 1 aliphatic rings. The molecule has 1 atom stereocenters. The molecule has 1 unspecified atom stereocenters. The summed E-state index contributed by atoms with van der Waals surface area (Å²) in [5.74, 6) is -0.0524. The SMILES string of the molecule is CC(C(=O)Nc1cc(Cl)ccc1N)N(C)C1CCC1. The molecule has 0 aromatic heterocycles. The third-order valence-electron chi connectivity index (χ3n) is 3.91. The largest absolute Gasteiger partial charge is 0.397 e. The van der Waals surface area contributed by atoms with Gasteiger partial charge in [-0.3, -0.25) is 9.69 Å². The lowest BCUT2D eigenvalue weighted by atomic mass is 9.91. The standard InChI is InChI=1S/C14H20ClN3O/c1-9(18(2)11-4-3-5-11)14(19)17-13-8-10(15)6-7-12(13)16/h6-9,11H,3-5,16H2,1-2H3,(H,17,19). The smallest absolute Gasteiger partial charge is 0.241 e. The molecule has 0 aliphatic heterocycles. The number of likely N-dealkylation sites (N-methyl/N-ethyl adjacent to an activating group) is 1. The average molecular weight is 282 g/mol. The number of anilines is 2. The number of hydrogen-bond donors (Lipinski definition) is 2. The van der Waals surface area contributed by atoms with E-state index in [-0.39, 0.29) is 11.9 Å². The number of nitrogens with zero attached hydrogens (tertiary/aromatic N) is 1. The number of hydrogen-bond acceptors (Lipinski definition) is 3. The summed E-state index contributed by atoms with van der Waals surface area (Å²) < 4.78 is 0. The highest BCUT2D eigenvalue weighted by Crippen LogP contribution is 2.26. The number of nitrogens with two attached hydrogens (primary N) is 1. The van der Waals surface area contributed by atoms with Gasteiger partial charge in [-0.2, -0.15) is 0 Å². The van der Waals surface area contributed by atoms with Crippen LogP contribution in [0.3, 0.4) is 0 Å². The molecule has 0 saturated heterocycles. The van der Waals surface area contributed by atoms with Gasteiger partial charge in [-0.1, -0.05) is 18.0 Å². The van der Waals surface area contributed by atoms with Gasteiger partial charge in [-0.05, 0) is 45.0 Å². The van der Waals surface area contributed by atoms with Gasteiger partial charge in [0.25, 0.3) is 0 Å². The van der Waals surface area contributed by atoms with Crippen LogP contribution >= 0.6 is 11.6 Å². The van der Waals surface area contributed by atoms with Crippen molar-refractivity contribution < 1.29 is 4.79 Å². The van der Waals surface area contributed by atoms with Crippen LogP contribution < -0.4 is 11.1 Å². The molecule has 0 bridgehead atoms. The Morgan fingerprint density at radius 2 is 2.21 bits per heavy atom. The minimum atomic E-state index is -0.177. The van der Waals surface area contributed by atoms with Crippen molar-refractivity contribution in [2.75, 3.05) is 18.1 Å². The minimum absolute atomic E-state index is 0.0524. The second-order valence-corrected chi connectivity index (χ2v) is 5.58. The second kappa shape index (κ2) is 5.80. The first-order valence-corrected chi connectivity index (χ1v) is 6.94. The van der Waals surface area contributed by atoms with Crippen LogP contribution in [0.4, 0.5) is 11.4 Å². The monoisotopic (exact) mass is 281 g/mol. The molecule has 19 heavy (non-hydrogen) atoms. The van der Waals surface area contributed by atoms with Crippen molar-refractivity contribution in [3.8, 4) is 0 Å². The molecule has 3 N–H and O–H groups in total. The van der Waals surface area contributed by atoms with Gasteiger partial charge < -0.3 is 11.1 Å². The van der Waals surface area contributed by atoms with Crippen LogP contribution in [-0.4, -0.2) is 29.9 Å². The van der Waals surface area contributed by atoms with Gasteiger partial charge in [0.2, 0.25) is 5.91 Å². The summed E-state index contributed by atoms with van der Waals surface area (Å²) in [4.78, 5) is 14.3. The first kappa shape index (κ1) is 14.2. The minimum Gasteiger partial charge on any atom is -0.397 e. The summed E-state index contributed by atoms with van der Waals surface area (Å²) in [5.41, 5.74) is 6.92. The van der Waals surface area contributed by atoms with E-state index in [1.54, 1.807) is 18.2 Å². The fourth-order valence-corrected chi connectivity index (χ4v) is 2.34. The number of amides is 1. The third kappa shape index (κ3) is 3.19. The highest BCUT2D eigenvalue weighted by molar-refractivity contribution is 6.31. The summed E-state index contributed by atoms with van der Waals surface area (Å²) in [6.07, 6.45) is 3.60. The molecule has 1 aromatic rings. The quantitative estimate of drug-likeness (QED) is 0.835. The number of carbonyl (C=O) groups excluding carboxylic acids is 1. The molecule has 0 radical (unpaired) electrons. The fraction of sp³-hybridized carbons (Fsp3) is 0.500. The molecule has 0 heterocycles. The molecule has 4 nitrogen and oxygen atoms in total. The average Bonchev–Trinajstić information content (AvgIpc) is 2.30. The maximum absolute atomic E-state index is 12.2. The van der Waals surface area contributed by atoms with Crippen LogP contribution in [0, 0.1) is 0 Å². The van der Waals surface area contributed by atoms with Crippen molar-refractivity contribution in [1.82, 2.24) is 4.90 Å². The maximum Gasteiger partial charge on any atom is 0.241 e. The lowest BCUT2D eigenvalue weighted by molar-refractivity contribution is -0.121. The first-order valence-electron chi connectivity index (χ1n) is 6.57. The summed E-state index contributed by atoms with van der Waals surface area (Å²) in [5, 5.41) is 3.40. The lowest BCUT2D eigenvalue weighted by Gasteiger charge is -2.37. The molecule has 5 heteroatoms. The number of rotatable bonds is 4. The first-order chi connectivity index (χ1) is 8.99. The number of benzene rings is 1. The van der Waals surface area contributed by atoms with E-state index < -0.39 is 0 Å². The van der Waals surface area contributed by atoms with Crippen LogP contribution in [-0.2, 0) is 4.79 Å². The Morgan fingerprint density at radius 1 is 1.53 bits per heavy atom. The Balaban J connectivity index is 2.01. The van der Waals surface area contributed by atoms with E-state index in [4.69, 9.17) is 17.3 Å². The molecule has 0 spiro atoms. The molecular weight excluding hydrogens is 262 g/mol. The van der Waals surface area contributed by atoms with E-state index in [1.165, 1.54) is 19.3 Å². The zero-order valence-corrected chi connectivity index (χ0v) is 12.1. The molecule has 1 aromatic carbocycles. The summed E-state index contributed by atoms with van der Waals surface area (Å²) in [6, 6.07) is 5.42. The predicted molar refractivity (Wildman–Crippen MR) is 79.4 cm³/mol. The summed E-state index contributed by atoms with van der Waals surface area (Å²) in [7, 11) is 2.00. The van der Waals surface area contributed by atoms with Crippen molar-refractivity contribution in [2.45, 2.75) is 38.3 Å². The van der Waals surface area contributed by atoms with Crippen LogP contribution in [0.2, 0.25) is 5.02 Å². The van der Waals surface area contributed by atoms with Crippen LogP contribution in [0.1, 0.15) is 26.2 Å². The zero-order chi connectivity index (χ0) is 14.0.